The van der Waals surface area contributed by atoms with Gasteiger partial charge in [-0.25, -0.2) is 4.98 Å². The second-order valence-electron chi connectivity index (χ2n) is 5.47. The van der Waals surface area contributed by atoms with Gasteiger partial charge in [0, 0.05) is 23.8 Å². The number of nitrogens with zero attached hydrogens (tertiary/aromatic N) is 2. The summed E-state index contributed by atoms with van der Waals surface area (Å²) < 4.78 is 7.90. The zero-order valence-corrected chi connectivity index (χ0v) is 12.5. The molecular weight excluding hydrogens is 282 g/mol. The maximum atomic E-state index is 6.19. The first-order chi connectivity index (χ1) is 10.3. The van der Waals surface area contributed by atoms with Crippen LogP contribution in [0.25, 0.3) is 4.96 Å². The molecule has 0 bridgehead atoms. The van der Waals surface area contributed by atoms with Crippen molar-refractivity contribution in [2.45, 2.75) is 31.9 Å². The van der Waals surface area contributed by atoms with Gasteiger partial charge >= 0.3 is 0 Å². The minimum Gasteiger partial charge on any atom is -0.487 e. The number of fused-ring (bicyclic) bond motifs is 2. The highest BCUT2D eigenvalue weighted by Gasteiger charge is 2.17. The van der Waals surface area contributed by atoms with E-state index >= 15 is 0 Å². The smallest absolute Gasteiger partial charge is 0.193 e. The van der Waals surface area contributed by atoms with Crippen LogP contribution in [0.2, 0.25) is 0 Å². The molecule has 0 amide bonds. The molecule has 4 nitrogen and oxygen atoms in total. The lowest BCUT2D eigenvalue weighted by Crippen LogP contribution is -2.17. The molecule has 0 radical (unpaired) electrons. The van der Waals surface area contributed by atoms with Crippen molar-refractivity contribution in [1.82, 2.24) is 9.38 Å². The monoisotopic (exact) mass is 299 g/mol. The molecule has 108 valence electrons. The van der Waals surface area contributed by atoms with Crippen molar-refractivity contribution < 1.29 is 4.74 Å². The number of aromatic nitrogens is 2. The largest absolute Gasteiger partial charge is 0.487 e. The second-order valence-corrected chi connectivity index (χ2v) is 6.35. The number of imidazole rings is 1. The molecule has 1 aromatic carbocycles. The zero-order valence-electron chi connectivity index (χ0n) is 11.7. The van der Waals surface area contributed by atoms with Crippen LogP contribution in [-0.4, -0.2) is 9.38 Å². The average Bonchev–Trinajstić information content (AvgIpc) is 3.07. The third-order valence-corrected chi connectivity index (χ3v) is 4.78. The first-order valence-corrected chi connectivity index (χ1v) is 8.10. The van der Waals surface area contributed by atoms with Gasteiger partial charge < -0.3 is 10.5 Å². The van der Waals surface area contributed by atoms with Crippen LogP contribution < -0.4 is 10.5 Å². The number of nitrogens with two attached hydrogens (primary N) is 1. The summed E-state index contributed by atoms with van der Waals surface area (Å²) in [5.41, 5.74) is 9.74. The van der Waals surface area contributed by atoms with Crippen LogP contribution >= 0.6 is 11.3 Å². The number of thiazole rings is 1. The minimum atomic E-state index is 0.148. The predicted octanol–water partition coefficient (Wildman–Crippen LogP) is 3.31. The number of ether oxygens (including phenoxy) is 1. The molecule has 1 aliphatic carbocycles. The highest BCUT2D eigenvalue weighted by molar-refractivity contribution is 7.15. The van der Waals surface area contributed by atoms with Crippen LogP contribution in [0, 0.1) is 0 Å². The second kappa shape index (κ2) is 5.16. The molecule has 0 saturated carbocycles. The van der Waals surface area contributed by atoms with Crippen LogP contribution in [0.3, 0.4) is 0 Å². The maximum Gasteiger partial charge on any atom is 0.193 e. The highest BCUT2D eigenvalue weighted by atomic mass is 32.1. The van der Waals surface area contributed by atoms with Crippen LogP contribution in [0.5, 0.6) is 5.75 Å². The Morgan fingerprint density at radius 1 is 1.43 bits per heavy atom. The number of aryl methyl sites for hydroxylation is 1. The van der Waals surface area contributed by atoms with Gasteiger partial charge in [0.2, 0.25) is 0 Å². The van der Waals surface area contributed by atoms with E-state index in [-0.39, 0.29) is 6.04 Å². The van der Waals surface area contributed by atoms with Gasteiger partial charge in [-0.1, -0.05) is 6.07 Å². The van der Waals surface area contributed by atoms with Crippen LogP contribution in [0.1, 0.15) is 35.7 Å². The Bertz CT molecular complexity index is 748. The van der Waals surface area contributed by atoms with E-state index in [9.17, 15) is 0 Å². The standard InChI is InChI=1S/C16H17N3OS/c17-15-3-1-2-11-4-5-13(8-14(11)15)20-10-12-9-19-6-7-21-16(19)18-12/h4-9,15H,1-3,10,17H2/t15-/m1/s1. The predicted molar refractivity (Wildman–Crippen MR) is 83.7 cm³/mol. The molecule has 0 fully saturated rings. The van der Waals surface area contributed by atoms with E-state index in [1.807, 2.05) is 28.2 Å². The van der Waals surface area contributed by atoms with Crippen molar-refractivity contribution >= 4 is 16.3 Å². The third-order valence-electron chi connectivity index (χ3n) is 4.01. The Morgan fingerprint density at radius 3 is 3.29 bits per heavy atom. The minimum absolute atomic E-state index is 0.148. The Kier molecular flexibility index (Phi) is 3.16. The highest BCUT2D eigenvalue weighted by Crippen LogP contribution is 2.31. The first-order valence-electron chi connectivity index (χ1n) is 7.22. The van der Waals surface area contributed by atoms with Crippen LogP contribution in [0.4, 0.5) is 0 Å². The van der Waals surface area contributed by atoms with E-state index in [0.717, 1.165) is 29.2 Å². The molecule has 0 spiro atoms. The van der Waals surface area contributed by atoms with Gasteiger partial charge in [-0.3, -0.25) is 4.40 Å². The fraction of sp³-hybridized carbons (Fsp3) is 0.312. The van der Waals surface area contributed by atoms with Crippen molar-refractivity contribution in [1.29, 1.82) is 0 Å². The van der Waals surface area contributed by atoms with Gasteiger partial charge in [-0.15, -0.1) is 11.3 Å². The number of rotatable bonds is 3. The Hall–Kier alpha value is -1.85. The SMILES string of the molecule is N[C@@H]1CCCc2ccc(OCc3cn4ccsc4n3)cc21. The fourth-order valence-corrected chi connectivity index (χ4v) is 3.63. The molecule has 2 N–H and O–H groups in total. The maximum absolute atomic E-state index is 6.19. The molecule has 0 aliphatic heterocycles. The lowest BCUT2D eigenvalue weighted by atomic mass is 9.88. The lowest BCUT2D eigenvalue weighted by molar-refractivity contribution is 0.301. The molecule has 0 unspecified atom stereocenters. The van der Waals surface area contributed by atoms with E-state index in [0.29, 0.717) is 6.61 Å². The van der Waals surface area contributed by atoms with E-state index in [1.54, 1.807) is 11.3 Å². The summed E-state index contributed by atoms with van der Waals surface area (Å²) in [5.74, 6) is 0.877. The van der Waals surface area contributed by atoms with Gasteiger partial charge in [0.15, 0.2) is 4.96 Å². The van der Waals surface area contributed by atoms with E-state index in [4.69, 9.17) is 10.5 Å². The van der Waals surface area contributed by atoms with Crippen molar-refractivity contribution in [3.63, 3.8) is 0 Å². The summed E-state index contributed by atoms with van der Waals surface area (Å²) in [6.07, 6.45) is 7.39. The third kappa shape index (κ3) is 2.43. The summed E-state index contributed by atoms with van der Waals surface area (Å²) >= 11 is 1.63. The van der Waals surface area contributed by atoms with Gasteiger partial charge in [0.05, 0.1) is 5.69 Å². The van der Waals surface area contributed by atoms with Crippen molar-refractivity contribution in [2.24, 2.45) is 5.73 Å². The molecule has 1 aliphatic rings. The molecule has 5 heteroatoms. The van der Waals surface area contributed by atoms with Crippen LogP contribution in [-0.2, 0) is 13.0 Å². The van der Waals surface area contributed by atoms with E-state index in [1.165, 1.54) is 17.5 Å². The molecule has 1 atom stereocenters. The van der Waals surface area contributed by atoms with Gasteiger partial charge in [0.25, 0.3) is 0 Å². The Labute approximate surface area is 127 Å². The topological polar surface area (TPSA) is 52.5 Å². The number of hydrogen-bond acceptors (Lipinski definition) is 4. The summed E-state index contributed by atoms with van der Waals surface area (Å²) in [5, 5.41) is 2.03. The number of benzene rings is 1. The van der Waals surface area contributed by atoms with Crippen LogP contribution in [0.15, 0.2) is 36.0 Å². The molecule has 4 rings (SSSR count). The van der Waals surface area contributed by atoms with Gasteiger partial charge in [-0.2, -0.15) is 0 Å². The average molecular weight is 299 g/mol. The lowest BCUT2D eigenvalue weighted by Gasteiger charge is -2.22. The summed E-state index contributed by atoms with van der Waals surface area (Å²) in [6.45, 7) is 0.489. The molecule has 3 aromatic rings. The first kappa shape index (κ1) is 12.9. The van der Waals surface area contributed by atoms with E-state index in [2.05, 4.69) is 17.1 Å². The van der Waals surface area contributed by atoms with Gasteiger partial charge in [0.1, 0.15) is 12.4 Å². The molecule has 2 aromatic heterocycles. The van der Waals surface area contributed by atoms with E-state index < -0.39 is 0 Å². The Morgan fingerprint density at radius 2 is 2.38 bits per heavy atom. The van der Waals surface area contributed by atoms with Crippen molar-refractivity contribution in [3.05, 3.63) is 52.8 Å². The fourth-order valence-electron chi connectivity index (χ4n) is 2.91. The summed E-state index contributed by atoms with van der Waals surface area (Å²) in [7, 11) is 0. The quantitative estimate of drug-likeness (QED) is 0.807. The summed E-state index contributed by atoms with van der Waals surface area (Å²) in [6, 6.07) is 6.43. The molecular formula is C16H17N3OS. The van der Waals surface area contributed by atoms with Crippen molar-refractivity contribution in [3.8, 4) is 5.75 Å². The van der Waals surface area contributed by atoms with Crippen molar-refractivity contribution in [2.75, 3.05) is 0 Å². The number of hydrogen-bond donors (Lipinski definition) is 1. The molecule has 2 heterocycles. The summed E-state index contributed by atoms with van der Waals surface area (Å²) in [4.78, 5) is 5.52. The van der Waals surface area contributed by atoms with Gasteiger partial charge in [-0.05, 0) is 42.5 Å². The zero-order chi connectivity index (χ0) is 14.2. The normalized spacial score (nSPS) is 17.9. The molecule has 0 saturated heterocycles. The Balaban J connectivity index is 1.52. The molecule has 21 heavy (non-hydrogen) atoms.